The second-order valence-electron chi connectivity index (χ2n) is 3.58. The molecule has 0 saturated heterocycles. The van der Waals surface area contributed by atoms with E-state index in [1.54, 1.807) is 0 Å². The molecule has 20 heavy (non-hydrogen) atoms. The quantitative estimate of drug-likeness (QED) is 0.225. The Morgan fingerprint density at radius 2 is 1.85 bits per heavy atom. The van der Waals surface area contributed by atoms with Gasteiger partial charge in [0, 0.05) is 18.2 Å². The summed E-state index contributed by atoms with van der Waals surface area (Å²) in [5.74, 6) is 0.0352. The number of non-ortho nitro benzene ring substituents is 1. The Balaban J connectivity index is 2.10. The molecule has 0 unspecified atom stereocenters. The lowest BCUT2D eigenvalue weighted by molar-refractivity contribution is -0.384. The molecule has 108 valence electrons. The van der Waals surface area contributed by atoms with E-state index >= 15 is 0 Å². The molecule has 0 aliphatic carbocycles. The zero-order valence-corrected chi connectivity index (χ0v) is 10.8. The fourth-order valence-electron chi connectivity index (χ4n) is 1.24. The smallest absolute Gasteiger partial charge is 0.330 e. The number of benzene rings is 1. The highest BCUT2D eigenvalue weighted by Crippen LogP contribution is 2.16. The molecule has 1 aromatic carbocycles. The third-order valence-electron chi connectivity index (χ3n) is 2.18. The van der Waals surface area contributed by atoms with E-state index in [1.165, 1.54) is 24.3 Å². The van der Waals surface area contributed by atoms with Gasteiger partial charge in [-0.15, -0.1) is 0 Å². The van der Waals surface area contributed by atoms with Crippen molar-refractivity contribution in [2.45, 2.75) is 0 Å². The number of ether oxygens (including phenoxy) is 3. The molecule has 0 aliphatic heterocycles. The molecule has 0 radical (unpaired) electrons. The van der Waals surface area contributed by atoms with Gasteiger partial charge in [-0.25, -0.2) is 4.79 Å². The highest BCUT2D eigenvalue weighted by molar-refractivity contribution is 5.81. The minimum Gasteiger partial charge on any atom is -0.491 e. The van der Waals surface area contributed by atoms with Crippen molar-refractivity contribution in [3.63, 3.8) is 0 Å². The van der Waals surface area contributed by atoms with Crippen molar-refractivity contribution in [2.24, 2.45) is 0 Å². The van der Waals surface area contributed by atoms with E-state index in [1.807, 2.05) is 0 Å². The molecular weight excluding hydrogens is 266 g/mol. The molecule has 0 bridgehead atoms. The molecule has 1 rings (SSSR count). The Morgan fingerprint density at radius 3 is 2.45 bits per heavy atom. The minimum atomic E-state index is -0.490. The van der Waals surface area contributed by atoms with Crippen molar-refractivity contribution in [2.75, 3.05) is 26.4 Å². The molecule has 0 fully saturated rings. The zero-order valence-electron chi connectivity index (χ0n) is 10.8. The lowest BCUT2D eigenvalue weighted by atomic mass is 10.3. The molecule has 0 amide bonds. The summed E-state index contributed by atoms with van der Waals surface area (Å²) >= 11 is 0. The molecule has 0 N–H and O–H groups in total. The van der Waals surface area contributed by atoms with Crippen LogP contribution in [0.3, 0.4) is 0 Å². The van der Waals surface area contributed by atoms with Crippen molar-refractivity contribution in [1.29, 1.82) is 0 Å². The van der Waals surface area contributed by atoms with Gasteiger partial charge in [-0.3, -0.25) is 10.1 Å². The van der Waals surface area contributed by atoms with Crippen LogP contribution in [0, 0.1) is 10.1 Å². The highest BCUT2D eigenvalue weighted by atomic mass is 16.6. The summed E-state index contributed by atoms with van der Waals surface area (Å²) in [4.78, 5) is 20.7. The molecule has 0 aromatic heterocycles. The number of nitro benzene ring substituents is 1. The van der Waals surface area contributed by atoms with E-state index in [2.05, 4.69) is 6.58 Å². The molecule has 0 aliphatic rings. The Hall–Kier alpha value is -2.41. The van der Waals surface area contributed by atoms with Crippen molar-refractivity contribution in [3.05, 3.63) is 47.0 Å². The van der Waals surface area contributed by atoms with Crippen LogP contribution in [0.2, 0.25) is 0 Å². The second-order valence-corrected chi connectivity index (χ2v) is 3.58. The van der Waals surface area contributed by atoms with Crippen LogP contribution in [0.15, 0.2) is 36.9 Å². The summed E-state index contributed by atoms with van der Waals surface area (Å²) in [5, 5.41) is 10.4. The van der Waals surface area contributed by atoms with Crippen LogP contribution in [0.4, 0.5) is 5.69 Å². The van der Waals surface area contributed by atoms with E-state index in [9.17, 15) is 14.9 Å². The van der Waals surface area contributed by atoms with Crippen molar-refractivity contribution in [1.82, 2.24) is 0 Å². The van der Waals surface area contributed by atoms with Gasteiger partial charge in [0.15, 0.2) is 0 Å². The van der Waals surface area contributed by atoms with Gasteiger partial charge in [0.05, 0.1) is 18.1 Å². The molecule has 7 nitrogen and oxygen atoms in total. The average molecular weight is 281 g/mol. The first-order valence-electron chi connectivity index (χ1n) is 5.87. The number of carbonyl (C=O) groups excluding carboxylic acids is 1. The summed E-state index contributed by atoms with van der Waals surface area (Å²) in [6.07, 6.45) is 1.08. The van der Waals surface area contributed by atoms with E-state index < -0.39 is 10.9 Å². The van der Waals surface area contributed by atoms with Crippen molar-refractivity contribution in [3.8, 4) is 5.75 Å². The molecule has 1 aromatic rings. The van der Waals surface area contributed by atoms with Gasteiger partial charge in [0.2, 0.25) is 0 Å². The van der Waals surface area contributed by atoms with Gasteiger partial charge in [-0.2, -0.15) is 0 Å². The van der Waals surface area contributed by atoms with Gasteiger partial charge in [-0.05, 0) is 12.1 Å². The Morgan fingerprint density at radius 1 is 1.20 bits per heavy atom. The van der Waals surface area contributed by atoms with E-state index in [0.717, 1.165) is 6.08 Å². The van der Waals surface area contributed by atoms with Crippen molar-refractivity contribution >= 4 is 11.7 Å². The van der Waals surface area contributed by atoms with Crippen LogP contribution >= 0.6 is 0 Å². The molecule has 0 saturated carbocycles. The maximum absolute atomic E-state index is 10.7. The Labute approximate surface area is 115 Å². The number of nitrogens with zero attached hydrogens (tertiary/aromatic N) is 1. The number of rotatable bonds is 9. The van der Waals surface area contributed by atoms with Gasteiger partial charge < -0.3 is 14.2 Å². The minimum absolute atomic E-state index is 0.0117. The fourth-order valence-corrected chi connectivity index (χ4v) is 1.24. The van der Waals surface area contributed by atoms with E-state index in [0.29, 0.717) is 19.0 Å². The number of esters is 1. The zero-order chi connectivity index (χ0) is 14.8. The first kappa shape index (κ1) is 15.6. The molecule has 7 heteroatoms. The lowest BCUT2D eigenvalue weighted by Gasteiger charge is -2.07. The maximum Gasteiger partial charge on any atom is 0.330 e. The fraction of sp³-hybridized carbons (Fsp3) is 0.308. The molecular formula is C13H15NO6. The average Bonchev–Trinajstić information content (AvgIpc) is 2.46. The monoisotopic (exact) mass is 281 g/mol. The van der Waals surface area contributed by atoms with E-state index in [-0.39, 0.29) is 18.9 Å². The van der Waals surface area contributed by atoms with Crippen molar-refractivity contribution < 1.29 is 23.9 Å². The topological polar surface area (TPSA) is 87.9 Å². The number of carbonyl (C=O) groups is 1. The Kier molecular flexibility index (Phi) is 6.77. The predicted octanol–water partition coefficient (Wildman–Crippen LogP) is 1.72. The van der Waals surface area contributed by atoms with Crippen LogP contribution in [-0.2, 0) is 14.3 Å². The van der Waals surface area contributed by atoms with Gasteiger partial charge in [0.1, 0.15) is 19.0 Å². The number of nitro groups is 1. The summed E-state index contributed by atoms with van der Waals surface area (Å²) in [6.45, 7) is 4.31. The first-order chi connectivity index (χ1) is 9.63. The third kappa shape index (κ3) is 5.96. The van der Waals surface area contributed by atoms with Crippen LogP contribution in [0.1, 0.15) is 0 Å². The normalized spacial score (nSPS) is 9.80. The number of hydrogen-bond acceptors (Lipinski definition) is 6. The van der Waals surface area contributed by atoms with E-state index in [4.69, 9.17) is 14.2 Å². The molecule has 0 heterocycles. The summed E-state index contributed by atoms with van der Waals surface area (Å²) in [6, 6.07) is 5.77. The molecule has 0 spiro atoms. The Bertz CT molecular complexity index is 456. The van der Waals surface area contributed by atoms with Crippen LogP contribution < -0.4 is 4.74 Å². The van der Waals surface area contributed by atoms with Gasteiger partial charge in [-0.1, -0.05) is 6.58 Å². The standard InChI is InChI=1S/C13H15NO6/c1-2-13(15)20-10-8-18-7-9-19-12-5-3-11(4-6-12)14(16)17/h2-6H,1,7-10H2. The summed E-state index contributed by atoms with van der Waals surface area (Å²) in [5.41, 5.74) is 0.0117. The number of hydrogen-bond donors (Lipinski definition) is 0. The second kappa shape index (κ2) is 8.65. The molecule has 0 atom stereocenters. The highest BCUT2D eigenvalue weighted by Gasteiger charge is 2.04. The maximum atomic E-state index is 10.7. The van der Waals surface area contributed by atoms with Crippen LogP contribution in [0.5, 0.6) is 5.75 Å². The summed E-state index contributed by atoms with van der Waals surface area (Å²) in [7, 11) is 0. The lowest BCUT2D eigenvalue weighted by Crippen LogP contribution is -2.12. The van der Waals surface area contributed by atoms with Crippen LogP contribution in [0.25, 0.3) is 0 Å². The van der Waals surface area contributed by atoms with Gasteiger partial charge in [0.25, 0.3) is 5.69 Å². The van der Waals surface area contributed by atoms with Crippen LogP contribution in [-0.4, -0.2) is 37.3 Å². The SMILES string of the molecule is C=CC(=O)OCCOCCOc1ccc([N+](=O)[O-])cc1. The third-order valence-corrected chi connectivity index (χ3v) is 2.18. The largest absolute Gasteiger partial charge is 0.491 e. The summed E-state index contributed by atoms with van der Waals surface area (Å²) < 4.78 is 15.2. The predicted molar refractivity (Wildman–Crippen MR) is 70.6 cm³/mol. The first-order valence-corrected chi connectivity index (χ1v) is 5.87. The van der Waals surface area contributed by atoms with Gasteiger partial charge >= 0.3 is 5.97 Å².